The van der Waals surface area contributed by atoms with E-state index in [9.17, 15) is 4.79 Å². The minimum atomic E-state index is -0.0921. The average Bonchev–Trinajstić information content (AvgIpc) is 2.49. The van der Waals surface area contributed by atoms with Gasteiger partial charge < -0.3 is 4.57 Å². The summed E-state index contributed by atoms with van der Waals surface area (Å²) in [5.74, 6) is -0.0921. The summed E-state index contributed by atoms with van der Waals surface area (Å²) < 4.78 is 1.81. The molecule has 0 aliphatic rings. The maximum atomic E-state index is 11.6. The van der Waals surface area contributed by atoms with E-state index in [1.165, 1.54) is 6.92 Å². The van der Waals surface area contributed by atoms with Crippen LogP contribution in [0.2, 0.25) is 15.2 Å². The normalized spacial score (nSPS) is 11.1. The topological polar surface area (TPSA) is 22.0 Å². The zero-order chi connectivity index (χ0) is 12.7. The van der Waals surface area contributed by atoms with E-state index in [0.717, 1.165) is 5.52 Å². The summed E-state index contributed by atoms with van der Waals surface area (Å²) in [4.78, 5) is 11.6. The van der Waals surface area contributed by atoms with E-state index in [-0.39, 0.29) is 5.78 Å². The van der Waals surface area contributed by atoms with Crippen molar-refractivity contribution >= 4 is 51.5 Å². The molecule has 0 fully saturated rings. The standard InChI is InChI=1S/C12H10Cl3NO/c1-3-16-11-8(4-7(13)5-9(11)14)10(6(2)17)12(16)15/h4-5H,3H2,1-2H3. The van der Waals surface area contributed by atoms with Crippen LogP contribution in [0.15, 0.2) is 12.1 Å². The second-order valence-electron chi connectivity index (χ2n) is 3.75. The zero-order valence-corrected chi connectivity index (χ0v) is 11.6. The number of aryl methyl sites for hydroxylation is 1. The molecule has 0 saturated heterocycles. The van der Waals surface area contributed by atoms with Gasteiger partial charge in [-0.05, 0) is 26.0 Å². The third-order valence-electron chi connectivity index (χ3n) is 2.68. The van der Waals surface area contributed by atoms with Gasteiger partial charge >= 0.3 is 0 Å². The van der Waals surface area contributed by atoms with Crippen LogP contribution in [0.4, 0.5) is 0 Å². The van der Waals surface area contributed by atoms with Gasteiger partial charge in [0.05, 0.1) is 16.1 Å². The number of Topliss-reactive ketones (excluding diaryl/α,β-unsaturated/α-hetero) is 1. The highest BCUT2D eigenvalue weighted by Gasteiger charge is 2.20. The Morgan fingerprint density at radius 3 is 2.47 bits per heavy atom. The molecule has 0 spiro atoms. The smallest absolute Gasteiger partial charge is 0.163 e. The highest BCUT2D eigenvalue weighted by atomic mass is 35.5. The number of aromatic nitrogens is 1. The average molecular weight is 291 g/mol. The van der Waals surface area contributed by atoms with Gasteiger partial charge in [0.2, 0.25) is 0 Å². The molecular formula is C12H10Cl3NO. The van der Waals surface area contributed by atoms with Crippen LogP contribution >= 0.6 is 34.8 Å². The molecule has 0 aliphatic heterocycles. The SMILES string of the molecule is CCn1c(Cl)c(C(C)=O)c2cc(Cl)cc(Cl)c21. The highest BCUT2D eigenvalue weighted by molar-refractivity contribution is 6.41. The Hall–Kier alpha value is -0.700. The zero-order valence-electron chi connectivity index (χ0n) is 9.35. The highest BCUT2D eigenvalue weighted by Crippen LogP contribution is 2.36. The van der Waals surface area contributed by atoms with Crippen molar-refractivity contribution in [2.45, 2.75) is 20.4 Å². The first-order chi connectivity index (χ1) is 7.97. The van der Waals surface area contributed by atoms with Crippen LogP contribution in [0.3, 0.4) is 0 Å². The van der Waals surface area contributed by atoms with Crippen molar-refractivity contribution in [3.63, 3.8) is 0 Å². The van der Waals surface area contributed by atoms with Crippen molar-refractivity contribution in [1.82, 2.24) is 4.57 Å². The third-order valence-corrected chi connectivity index (χ3v) is 3.58. The molecule has 2 rings (SSSR count). The lowest BCUT2D eigenvalue weighted by atomic mass is 10.1. The van der Waals surface area contributed by atoms with E-state index in [2.05, 4.69) is 0 Å². The summed E-state index contributed by atoms with van der Waals surface area (Å²) in [7, 11) is 0. The number of halogens is 3. The van der Waals surface area contributed by atoms with Gasteiger partial charge in [-0.25, -0.2) is 0 Å². The van der Waals surface area contributed by atoms with Gasteiger partial charge in [-0.3, -0.25) is 4.79 Å². The van der Waals surface area contributed by atoms with Crippen LogP contribution in [-0.4, -0.2) is 10.4 Å². The molecular weight excluding hydrogens is 280 g/mol. The molecule has 1 aromatic heterocycles. The molecule has 90 valence electrons. The molecule has 5 heteroatoms. The number of hydrogen-bond donors (Lipinski definition) is 0. The lowest BCUT2D eigenvalue weighted by Gasteiger charge is -2.04. The lowest BCUT2D eigenvalue weighted by molar-refractivity contribution is 0.101. The lowest BCUT2D eigenvalue weighted by Crippen LogP contribution is -1.96. The molecule has 1 heterocycles. The van der Waals surface area contributed by atoms with Gasteiger partial charge in [-0.1, -0.05) is 34.8 Å². The molecule has 0 N–H and O–H groups in total. The van der Waals surface area contributed by atoms with E-state index in [1.807, 2.05) is 11.5 Å². The van der Waals surface area contributed by atoms with E-state index in [4.69, 9.17) is 34.8 Å². The molecule has 2 aromatic rings. The first-order valence-electron chi connectivity index (χ1n) is 5.15. The van der Waals surface area contributed by atoms with Crippen LogP contribution in [0.25, 0.3) is 10.9 Å². The van der Waals surface area contributed by atoms with Gasteiger partial charge in [-0.15, -0.1) is 0 Å². The Morgan fingerprint density at radius 2 is 1.94 bits per heavy atom. The van der Waals surface area contributed by atoms with Crippen LogP contribution in [-0.2, 0) is 6.54 Å². The summed E-state index contributed by atoms with van der Waals surface area (Å²) >= 11 is 18.3. The summed E-state index contributed by atoms with van der Waals surface area (Å²) in [6, 6.07) is 3.37. The van der Waals surface area contributed by atoms with Gasteiger partial charge in [0, 0.05) is 17.0 Å². The van der Waals surface area contributed by atoms with Gasteiger partial charge in [0.25, 0.3) is 0 Å². The monoisotopic (exact) mass is 289 g/mol. The van der Waals surface area contributed by atoms with Crippen molar-refractivity contribution < 1.29 is 4.79 Å². The second kappa shape index (κ2) is 4.52. The molecule has 2 nitrogen and oxygen atoms in total. The van der Waals surface area contributed by atoms with Crippen molar-refractivity contribution in [2.75, 3.05) is 0 Å². The van der Waals surface area contributed by atoms with Crippen molar-refractivity contribution in [3.8, 4) is 0 Å². The van der Waals surface area contributed by atoms with E-state index in [1.54, 1.807) is 12.1 Å². The summed E-state index contributed by atoms with van der Waals surface area (Å²) in [5.41, 5.74) is 1.24. The Kier molecular flexibility index (Phi) is 3.39. The second-order valence-corrected chi connectivity index (χ2v) is 4.95. The third kappa shape index (κ3) is 1.95. The summed E-state index contributed by atoms with van der Waals surface area (Å²) in [5, 5.41) is 2.12. The number of carbonyl (C=O) groups is 1. The molecule has 0 saturated carbocycles. The fraction of sp³-hybridized carbons (Fsp3) is 0.250. The summed E-state index contributed by atoms with van der Waals surface area (Å²) in [6.07, 6.45) is 0. The Morgan fingerprint density at radius 1 is 1.29 bits per heavy atom. The first-order valence-corrected chi connectivity index (χ1v) is 6.28. The van der Waals surface area contributed by atoms with Crippen LogP contribution in [0.1, 0.15) is 24.2 Å². The molecule has 0 amide bonds. The Balaban J connectivity index is 3.00. The molecule has 0 bridgehead atoms. The number of rotatable bonds is 2. The predicted octanol–water partition coefficient (Wildman–Crippen LogP) is 4.82. The maximum absolute atomic E-state index is 11.6. The molecule has 0 unspecified atom stereocenters. The Bertz CT molecular complexity index is 616. The fourth-order valence-corrected chi connectivity index (χ4v) is 3.04. The molecule has 0 atom stereocenters. The van der Waals surface area contributed by atoms with Crippen molar-refractivity contribution in [2.24, 2.45) is 0 Å². The van der Waals surface area contributed by atoms with E-state index >= 15 is 0 Å². The minimum absolute atomic E-state index is 0.0921. The molecule has 0 aliphatic carbocycles. The quantitative estimate of drug-likeness (QED) is 0.727. The number of ketones is 1. The van der Waals surface area contributed by atoms with Crippen molar-refractivity contribution in [1.29, 1.82) is 0 Å². The van der Waals surface area contributed by atoms with Crippen molar-refractivity contribution in [3.05, 3.63) is 32.9 Å². The largest absolute Gasteiger partial charge is 0.330 e. The number of nitrogens with zero attached hydrogens (tertiary/aromatic N) is 1. The van der Waals surface area contributed by atoms with Crippen LogP contribution in [0, 0.1) is 0 Å². The Labute approximate surface area is 114 Å². The number of benzene rings is 1. The summed E-state index contributed by atoms with van der Waals surface area (Å²) in [6.45, 7) is 4.07. The van der Waals surface area contributed by atoms with Gasteiger partial charge in [0.15, 0.2) is 5.78 Å². The van der Waals surface area contributed by atoms with E-state index < -0.39 is 0 Å². The fourth-order valence-electron chi connectivity index (χ4n) is 2.01. The van der Waals surface area contributed by atoms with Gasteiger partial charge in [0.1, 0.15) is 5.15 Å². The number of hydrogen-bond acceptors (Lipinski definition) is 1. The van der Waals surface area contributed by atoms with Crippen LogP contribution in [0.5, 0.6) is 0 Å². The molecule has 0 radical (unpaired) electrons. The van der Waals surface area contributed by atoms with Crippen LogP contribution < -0.4 is 0 Å². The van der Waals surface area contributed by atoms with Gasteiger partial charge in [-0.2, -0.15) is 0 Å². The van der Waals surface area contributed by atoms with E-state index in [0.29, 0.717) is 32.7 Å². The maximum Gasteiger partial charge on any atom is 0.163 e. The number of fused-ring (bicyclic) bond motifs is 1. The minimum Gasteiger partial charge on any atom is -0.330 e. The number of carbonyl (C=O) groups excluding carboxylic acids is 1. The predicted molar refractivity (Wildman–Crippen MR) is 72.6 cm³/mol. The first kappa shape index (κ1) is 12.7. The molecule has 17 heavy (non-hydrogen) atoms. The molecule has 1 aromatic carbocycles.